The fraction of sp³-hybridized carbons (Fsp3) is 0.222. The summed E-state index contributed by atoms with van der Waals surface area (Å²) in [5, 5.41) is 2.79. The summed E-state index contributed by atoms with van der Waals surface area (Å²) in [7, 11) is 1.52. The topological polar surface area (TPSA) is 58.6 Å². The Balaban J connectivity index is 1.83. The van der Waals surface area contributed by atoms with Crippen molar-refractivity contribution in [2.75, 3.05) is 31.8 Å². The van der Waals surface area contributed by atoms with E-state index in [1.807, 2.05) is 30.5 Å². The summed E-state index contributed by atoms with van der Waals surface area (Å²) in [6, 6.07) is 12.8. The highest BCUT2D eigenvalue weighted by Crippen LogP contribution is 2.24. The number of amides is 2. The Morgan fingerprint density at radius 3 is 2.52 bits per heavy atom. The zero-order valence-corrected chi connectivity index (χ0v) is 14.8. The van der Waals surface area contributed by atoms with Crippen LogP contribution in [0, 0.1) is 5.82 Å². The zero-order valence-electron chi connectivity index (χ0n) is 14.0. The van der Waals surface area contributed by atoms with Crippen LogP contribution in [0.25, 0.3) is 0 Å². The van der Waals surface area contributed by atoms with Crippen molar-refractivity contribution in [1.29, 1.82) is 0 Å². The number of benzene rings is 2. The maximum atomic E-state index is 12.8. The molecule has 2 aromatic carbocycles. The highest BCUT2D eigenvalue weighted by molar-refractivity contribution is 7.98. The minimum absolute atomic E-state index is 0.0890. The lowest BCUT2D eigenvalue weighted by atomic mass is 10.3. The minimum atomic E-state index is -0.377. The zero-order chi connectivity index (χ0) is 18.2. The largest absolute Gasteiger partial charge is 0.484 e. The van der Waals surface area contributed by atoms with Gasteiger partial charge in [-0.25, -0.2) is 4.39 Å². The highest BCUT2D eigenvalue weighted by Gasteiger charge is 2.14. The van der Waals surface area contributed by atoms with Crippen LogP contribution in [0.4, 0.5) is 10.1 Å². The van der Waals surface area contributed by atoms with Gasteiger partial charge in [-0.15, -0.1) is 11.8 Å². The Kier molecular flexibility index (Phi) is 6.82. The van der Waals surface area contributed by atoms with Gasteiger partial charge in [0.25, 0.3) is 5.91 Å². The monoisotopic (exact) mass is 362 g/mol. The van der Waals surface area contributed by atoms with Crippen molar-refractivity contribution in [3.8, 4) is 5.75 Å². The average Bonchev–Trinajstić information content (AvgIpc) is 2.61. The smallest absolute Gasteiger partial charge is 0.260 e. The number of ether oxygens (including phenoxy) is 1. The SMILES string of the molecule is CSc1ccccc1NC(=O)CN(C)C(=O)COc1ccc(F)cc1. The summed E-state index contributed by atoms with van der Waals surface area (Å²) >= 11 is 1.53. The molecule has 0 saturated carbocycles. The lowest BCUT2D eigenvalue weighted by molar-refractivity contribution is -0.135. The fourth-order valence-corrected chi connectivity index (χ4v) is 2.58. The van der Waals surface area contributed by atoms with Crippen LogP contribution >= 0.6 is 11.8 Å². The Hall–Kier alpha value is -2.54. The second-order valence-corrected chi connectivity index (χ2v) is 6.09. The molecule has 0 radical (unpaired) electrons. The second-order valence-electron chi connectivity index (χ2n) is 5.24. The van der Waals surface area contributed by atoms with Gasteiger partial charge in [-0.05, 0) is 42.7 Å². The molecule has 25 heavy (non-hydrogen) atoms. The number of anilines is 1. The molecular weight excluding hydrogens is 343 g/mol. The minimum Gasteiger partial charge on any atom is -0.484 e. The predicted molar refractivity (Wildman–Crippen MR) is 96.4 cm³/mol. The first-order valence-corrected chi connectivity index (χ1v) is 8.77. The number of hydrogen-bond acceptors (Lipinski definition) is 4. The first-order chi connectivity index (χ1) is 12.0. The average molecular weight is 362 g/mol. The number of rotatable bonds is 7. The van der Waals surface area contributed by atoms with Crippen molar-refractivity contribution in [2.24, 2.45) is 0 Å². The van der Waals surface area contributed by atoms with E-state index in [2.05, 4.69) is 5.32 Å². The molecule has 132 valence electrons. The van der Waals surface area contributed by atoms with Crippen LogP contribution in [0.1, 0.15) is 0 Å². The molecule has 0 aliphatic rings. The van der Waals surface area contributed by atoms with Gasteiger partial charge in [0.05, 0.1) is 12.2 Å². The Labute approximate surface area is 150 Å². The molecule has 0 spiro atoms. The normalized spacial score (nSPS) is 10.2. The lowest BCUT2D eigenvalue weighted by Gasteiger charge is -2.17. The van der Waals surface area contributed by atoms with Crippen LogP contribution in [0.3, 0.4) is 0 Å². The van der Waals surface area contributed by atoms with E-state index in [0.717, 1.165) is 4.90 Å². The van der Waals surface area contributed by atoms with E-state index >= 15 is 0 Å². The molecule has 0 aliphatic carbocycles. The van der Waals surface area contributed by atoms with Crippen LogP contribution in [0.15, 0.2) is 53.4 Å². The first-order valence-electron chi connectivity index (χ1n) is 7.55. The maximum absolute atomic E-state index is 12.8. The number of carbonyl (C=O) groups is 2. The second kappa shape index (κ2) is 9.08. The van der Waals surface area contributed by atoms with Gasteiger partial charge in [-0.1, -0.05) is 12.1 Å². The Morgan fingerprint density at radius 1 is 1.16 bits per heavy atom. The third-order valence-electron chi connectivity index (χ3n) is 3.36. The molecule has 0 aliphatic heterocycles. The van der Waals surface area contributed by atoms with Gasteiger partial charge >= 0.3 is 0 Å². The highest BCUT2D eigenvalue weighted by atomic mass is 32.2. The molecule has 0 aromatic heterocycles. The molecule has 0 fully saturated rings. The van der Waals surface area contributed by atoms with E-state index in [-0.39, 0.29) is 30.8 Å². The predicted octanol–water partition coefficient (Wildman–Crippen LogP) is 3.02. The third-order valence-corrected chi connectivity index (χ3v) is 4.16. The van der Waals surface area contributed by atoms with Crippen molar-refractivity contribution in [1.82, 2.24) is 4.90 Å². The first kappa shape index (κ1) is 18.8. The molecule has 0 atom stereocenters. The van der Waals surface area contributed by atoms with E-state index in [0.29, 0.717) is 11.4 Å². The van der Waals surface area contributed by atoms with Gasteiger partial charge in [0.2, 0.25) is 5.91 Å². The van der Waals surface area contributed by atoms with Gasteiger partial charge in [0.1, 0.15) is 11.6 Å². The number of nitrogens with zero attached hydrogens (tertiary/aromatic N) is 1. The number of hydrogen-bond donors (Lipinski definition) is 1. The molecule has 1 N–H and O–H groups in total. The molecule has 0 saturated heterocycles. The summed E-state index contributed by atoms with van der Waals surface area (Å²) in [4.78, 5) is 26.4. The summed E-state index contributed by atoms with van der Waals surface area (Å²) in [6.07, 6.45) is 1.92. The molecule has 7 heteroatoms. The van der Waals surface area contributed by atoms with Crippen LogP contribution in [-0.2, 0) is 9.59 Å². The van der Waals surface area contributed by atoms with Gasteiger partial charge in [0, 0.05) is 11.9 Å². The van der Waals surface area contributed by atoms with Gasteiger partial charge in [-0.2, -0.15) is 0 Å². The maximum Gasteiger partial charge on any atom is 0.260 e. The van der Waals surface area contributed by atoms with Crippen molar-refractivity contribution >= 4 is 29.3 Å². The number of nitrogens with one attached hydrogen (secondary N) is 1. The van der Waals surface area contributed by atoms with Crippen molar-refractivity contribution < 1.29 is 18.7 Å². The molecule has 0 bridgehead atoms. The number of para-hydroxylation sites is 1. The lowest BCUT2D eigenvalue weighted by Crippen LogP contribution is -2.37. The molecule has 0 heterocycles. The van der Waals surface area contributed by atoms with Gasteiger partial charge in [0.15, 0.2) is 6.61 Å². The van der Waals surface area contributed by atoms with Crippen LogP contribution < -0.4 is 10.1 Å². The van der Waals surface area contributed by atoms with E-state index in [4.69, 9.17) is 4.74 Å². The Morgan fingerprint density at radius 2 is 1.84 bits per heavy atom. The molecule has 2 amide bonds. The van der Waals surface area contributed by atoms with Crippen LogP contribution in [-0.4, -0.2) is 43.2 Å². The summed E-state index contributed by atoms with van der Waals surface area (Å²) in [6.45, 7) is -0.314. The van der Waals surface area contributed by atoms with Crippen LogP contribution in [0.5, 0.6) is 5.75 Å². The number of halogens is 1. The Bertz CT molecular complexity index is 737. The number of likely N-dealkylation sites (N-methyl/N-ethyl adjacent to an activating group) is 1. The van der Waals surface area contributed by atoms with Crippen molar-refractivity contribution in [3.05, 3.63) is 54.3 Å². The molecule has 5 nitrogen and oxygen atoms in total. The van der Waals surface area contributed by atoms with E-state index in [9.17, 15) is 14.0 Å². The summed E-state index contributed by atoms with van der Waals surface area (Å²) in [5.74, 6) is -0.628. The van der Waals surface area contributed by atoms with E-state index in [1.54, 1.807) is 0 Å². The van der Waals surface area contributed by atoms with Crippen LogP contribution in [0.2, 0.25) is 0 Å². The molecule has 2 aromatic rings. The van der Waals surface area contributed by atoms with Gasteiger partial charge < -0.3 is 15.0 Å². The molecule has 0 unspecified atom stereocenters. The summed E-state index contributed by atoms with van der Waals surface area (Å²) < 4.78 is 18.1. The number of thioether (sulfide) groups is 1. The molecular formula is C18H19FN2O3S. The number of carbonyl (C=O) groups excluding carboxylic acids is 2. The quantitative estimate of drug-likeness (QED) is 0.769. The molecule has 2 rings (SSSR count). The van der Waals surface area contributed by atoms with E-state index < -0.39 is 0 Å². The summed E-state index contributed by atoms with van der Waals surface area (Å²) in [5.41, 5.74) is 0.711. The van der Waals surface area contributed by atoms with E-state index in [1.165, 1.54) is 48.0 Å². The fourth-order valence-electron chi connectivity index (χ4n) is 2.03. The standard InChI is InChI=1S/C18H19FN2O3S/c1-21(18(23)12-24-14-9-7-13(19)8-10-14)11-17(22)20-15-5-3-4-6-16(15)25-2/h3-10H,11-12H2,1-2H3,(H,20,22). The van der Waals surface area contributed by atoms with Gasteiger partial charge in [-0.3, -0.25) is 9.59 Å². The third kappa shape index (κ3) is 5.79. The van der Waals surface area contributed by atoms with Crippen molar-refractivity contribution in [2.45, 2.75) is 4.90 Å². The van der Waals surface area contributed by atoms with Crippen molar-refractivity contribution in [3.63, 3.8) is 0 Å².